The third kappa shape index (κ3) is 3.53. The minimum atomic E-state index is -0.723. The molecule has 6 heteroatoms. The van der Waals surface area contributed by atoms with E-state index in [0.717, 1.165) is 5.56 Å². The molecule has 3 amide bonds. The molecule has 82 valence electrons. The van der Waals surface area contributed by atoms with Gasteiger partial charge in [-0.1, -0.05) is 0 Å². The number of hydrogen-bond acceptors (Lipinski definition) is 3. The van der Waals surface area contributed by atoms with Crippen LogP contribution in [0.2, 0.25) is 0 Å². The van der Waals surface area contributed by atoms with E-state index in [9.17, 15) is 9.59 Å². The third-order valence-corrected chi connectivity index (χ3v) is 2.76. The lowest BCUT2D eigenvalue weighted by Gasteiger charge is -2.06. The van der Waals surface area contributed by atoms with Gasteiger partial charge in [0.15, 0.2) is 0 Å². The molecule has 2 N–H and O–H groups in total. The van der Waals surface area contributed by atoms with Crippen LogP contribution in [0, 0.1) is 6.92 Å². The van der Waals surface area contributed by atoms with Crippen molar-refractivity contribution >= 4 is 40.6 Å². The number of anilines is 1. The maximum atomic E-state index is 11.3. The molecule has 0 aliphatic rings. The first kappa shape index (κ1) is 12.0. The van der Waals surface area contributed by atoms with Crippen LogP contribution in [-0.2, 0) is 4.79 Å². The second-order valence-electron chi connectivity index (χ2n) is 3.03. The minimum Gasteiger partial charge on any atom is -0.307 e. The number of halogens is 1. The Hall–Kier alpha value is -1.07. The minimum absolute atomic E-state index is 0.512. The highest BCUT2D eigenvalue weighted by atomic mass is 35.5. The molecule has 1 aromatic heterocycles. The number of alkyl halides is 1. The van der Waals surface area contributed by atoms with Crippen molar-refractivity contribution in [1.82, 2.24) is 5.32 Å². The van der Waals surface area contributed by atoms with E-state index < -0.39 is 17.3 Å². The normalized spacial score (nSPS) is 11.9. The van der Waals surface area contributed by atoms with Gasteiger partial charge in [0.2, 0.25) is 5.91 Å². The predicted molar refractivity (Wildman–Crippen MR) is 61.5 cm³/mol. The van der Waals surface area contributed by atoms with Crippen LogP contribution in [0.1, 0.15) is 12.5 Å². The fraction of sp³-hybridized carbons (Fsp3) is 0.333. The highest BCUT2D eigenvalue weighted by Gasteiger charge is 2.13. The second-order valence-corrected chi connectivity index (χ2v) is 4.43. The first-order valence-corrected chi connectivity index (χ1v) is 5.67. The maximum absolute atomic E-state index is 11.3. The standard InChI is InChI=1S/C9H11ClN2O2S/c1-5-3-15-4-7(5)11-9(14)12-8(13)6(2)10/h3-4,6H,1-2H3,(H2,11,12,13,14). The third-order valence-electron chi connectivity index (χ3n) is 1.70. The molecular formula is C9H11ClN2O2S. The van der Waals surface area contributed by atoms with E-state index in [0.29, 0.717) is 5.69 Å². The van der Waals surface area contributed by atoms with E-state index in [4.69, 9.17) is 11.6 Å². The molecular weight excluding hydrogens is 236 g/mol. The van der Waals surface area contributed by atoms with Crippen LogP contribution in [-0.4, -0.2) is 17.3 Å². The molecule has 1 heterocycles. The lowest BCUT2D eigenvalue weighted by Crippen LogP contribution is -2.38. The second kappa shape index (κ2) is 5.14. The quantitative estimate of drug-likeness (QED) is 0.787. The first-order valence-electron chi connectivity index (χ1n) is 4.29. The molecule has 0 saturated heterocycles. The highest BCUT2D eigenvalue weighted by molar-refractivity contribution is 7.08. The summed E-state index contributed by atoms with van der Waals surface area (Å²) in [6.07, 6.45) is 0. The Morgan fingerprint density at radius 1 is 1.47 bits per heavy atom. The number of hydrogen-bond donors (Lipinski definition) is 2. The van der Waals surface area contributed by atoms with E-state index in [1.807, 2.05) is 12.3 Å². The Bertz CT molecular complexity index is 376. The fourth-order valence-corrected chi connectivity index (χ4v) is 1.69. The van der Waals surface area contributed by atoms with Gasteiger partial charge in [0, 0.05) is 5.38 Å². The molecule has 0 radical (unpaired) electrons. The largest absolute Gasteiger partial charge is 0.325 e. The summed E-state index contributed by atoms with van der Waals surface area (Å²) in [5, 5.41) is 7.66. The summed E-state index contributed by atoms with van der Waals surface area (Å²) in [7, 11) is 0. The Balaban J connectivity index is 2.50. The van der Waals surface area contributed by atoms with Gasteiger partial charge in [-0.2, -0.15) is 0 Å². The van der Waals surface area contributed by atoms with E-state index in [1.165, 1.54) is 18.3 Å². The van der Waals surface area contributed by atoms with Crippen molar-refractivity contribution in [3.8, 4) is 0 Å². The number of carbonyl (C=O) groups is 2. The van der Waals surface area contributed by atoms with Gasteiger partial charge in [-0.15, -0.1) is 22.9 Å². The van der Waals surface area contributed by atoms with Crippen LogP contribution < -0.4 is 10.6 Å². The number of carbonyl (C=O) groups excluding carboxylic acids is 2. The van der Waals surface area contributed by atoms with Gasteiger partial charge in [-0.3, -0.25) is 10.1 Å². The average Bonchev–Trinajstić information content (AvgIpc) is 2.51. The zero-order chi connectivity index (χ0) is 11.4. The SMILES string of the molecule is Cc1cscc1NC(=O)NC(=O)C(C)Cl. The molecule has 0 aromatic carbocycles. The van der Waals surface area contributed by atoms with Gasteiger partial charge in [0.25, 0.3) is 0 Å². The van der Waals surface area contributed by atoms with Crippen LogP contribution in [0.3, 0.4) is 0 Å². The number of imide groups is 1. The van der Waals surface area contributed by atoms with Gasteiger partial charge >= 0.3 is 6.03 Å². The Labute approximate surface area is 96.6 Å². The number of urea groups is 1. The van der Waals surface area contributed by atoms with Crippen LogP contribution in [0.4, 0.5) is 10.5 Å². The molecule has 1 unspecified atom stereocenters. The summed E-state index contributed by atoms with van der Waals surface area (Å²) in [5.74, 6) is -0.512. The zero-order valence-electron chi connectivity index (χ0n) is 8.33. The van der Waals surface area contributed by atoms with E-state index >= 15 is 0 Å². The Morgan fingerprint density at radius 2 is 2.13 bits per heavy atom. The fourth-order valence-electron chi connectivity index (χ4n) is 0.854. The molecule has 0 aliphatic heterocycles. The van der Waals surface area contributed by atoms with Crippen molar-refractivity contribution in [1.29, 1.82) is 0 Å². The van der Waals surface area contributed by atoms with Gasteiger partial charge in [0.05, 0.1) is 5.69 Å². The molecule has 0 saturated carbocycles. The lowest BCUT2D eigenvalue weighted by atomic mass is 10.3. The molecule has 0 aliphatic carbocycles. The highest BCUT2D eigenvalue weighted by Crippen LogP contribution is 2.18. The smallest absolute Gasteiger partial charge is 0.307 e. The van der Waals surface area contributed by atoms with Crippen molar-refractivity contribution in [2.45, 2.75) is 19.2 Å². The molecule has 1 rings (SSSR count). The van der Waals surface area contributed by atoms with Crippen molar-refractivity contribution < 1.29 is 9.59 Å². The summed E-state index contributed by atoms with van der Waals surface area (Å²) < 4.78 is 0. The summed E-state index contributed by atoms with van der Waals surface area (Å²) in [6.45, 7) is 3.37. The molecule has 15 heavy (non-hydrogen) atoms. The van der Waals surface area contributed by atoms with Crippen molar-refractivity contribution in [2.24, 2.45) is 0 Å². The summed E-state index contributed by atoms with van der Waals surface area (Å²) in [6, 6.07) is -0.561. The van der Waals surface area contributed by atoms with Crippen molar-refractivity contribution in [2.75, 3.05) is 5.32 Å². The van der Waals surface area contributed by atoms with E-state index in [2.05, 4.69) is 10.6 Å². The molecule has 1 aromatic rings. The topological polar surface area (TPSA) is 58.2 Å². The summed E-state index contributed by atoms with van der Waals surface area (Å²) >= 11 is 6.98. The van der Waals surface area contributed by atoms with Crippen molar-refractivity contribution in [3.05, 3.63) is 16.3 Å². The van der Waals surface area contributed by atoms with Crippen LogP contribution in [0.25, 0.3) is 0 Å². The summed E-state index contributed by atoms with van der Waals surface area (Å²) in [4.78, 5) is 22.3. The number of thiophene rings is 1. The molecule has 0 spiro atoms. The number of aryl methyl sites for hydroxylation is 1. The molecule has 0 bridgehead atoms. The first-order chi connectivity index (χ1) is 7.00. The van der Waals surface area contributed by atoms with Gasteiger partial charge in [0.1, 0.15) is 5.38 Å². The van der Waals surface area contributed by atoms with Crippen LogP contribution in [0.15, 0.2) is 10.8 Å². The lowest BCUT2D eigenvalue weighted by molar-refractivity contribution is -0.119. The molecule has 1 atom stereocenters. The van der Waals surface area contributed by atoms with Crippen molar-refractivity contribution in [3.63, 3.8) is 0 Å². The Kier molecular flexibility index (Phi) is 4.11. The van der Waals surface area contributed by atoms with Crippen LogP contribution >= 0.6 is 22.9 Å². The van der Waals surface area contributed by atoms with Crippen LogP contribution in [0.5, 0.6) is 0 Å². The zero-order valence-corrected chi connectivity index (χ0v) is 9.91. The van der Waals surface area contributed by atoms with E-state index in [1.54, 1.807) is 5.38 Å². The molecule has 0 fully saturated rings. The Morgan fingerprint density at radius 3 is 2.60 bits per heavy atom. The number of amides is 3. The number of rotatable bonds is 2. The molecule has 4 nitrogen and oxygen atoms in total. The van der Waals surface area contributed by atoms with Gasteiger partial charge in [-0.25, -0.2) is 4.79 Å². The average molecular weight is 247 g/mol. The number of nitrogens with one attached hydrogen (secondary N) is 2. The predicted octanol–water partition coefficient (Wildman–Crippen LogP) is 2.33. The van der Waals surface area contributed by atoms with E-state index in [-0.39, 0.29) is 0 Å². The maximum Gasteiger partial charge on any atom is 0.325 e. The van der Waals surface area contributed by atoms with Gasteiger partial charge in [-0.05, 0) is 24.8 Å². The van der Waals surface area contributed by atoms with Gasteiger partial charge < -0.3 is 5.32 Å². The monoisotopic (exact) mass is 246 g/mol. The summed E-state index contributed by atoms with van der Waals surface area (Å²) in [5.41, 5.74) is 1.66.